The highest BCUT2D eigenvalue weighted by atomic mass is 32.2. The molecule has 1 saturated heterocycles. The molecule has 3 rings (SSSR count). The van der Waals surface area contributed by atoms with Crippen molar-refractivity contribution in [3.63, 3.8) is 0 Å². The average molecular weight is 396 g/mol. The molecule has 2 atom stereocenters. The van der Waals surface area contributed by atoms with Gasteiger partial charge in [0.25, 0.3) is 0 Å². The number of benzene rings is 1. The number of hydrogen-bond donors (Lipinski definition) is 2. The molecule has 0 radical (unpaired) electrons. The average Bonchev–Trinajstić information content (AvgIpc) is 3.21. The van der Waals surface area contributed by atoms with E-state index in [0.29, 0.717) is 17.4 Å². The van der Waals surface area contributed by atoms with Crippen LogP contribution in [-0.2, 0) is 14.6 Å². The van der Waals surface area contributed by atoms with Gasteiger partial charge in [-0.15, -0.1) is 5.10 Å². The van der Waals surface area contributed by atoms with Gasteiger partial charge in [-0.2, -0.15) is 0 Å². The number of carbonyl (C=O) groups excluding carboxylic acids is 1. The van der Waals surface area contributed by atoms with E-state index in [0.717, 1.165) is 11.3 Å². The Labute approximate surface area is 156 Å². The first kappa shape index (κ1) is 18.7. The Morgan fingerprint density at radius 3 is 2.73 bits per heavy atom. The molecule has 1 fully saturated rings. The van der Waals surface area contributed by atoms with Gasteiger partial charge in [0.05, 0.1) is 23.9 Å². The van der Waals surface area contributed by atoms with Crippen LogP contribution in [-0.4, -0.2) is 59.4 Å². The topological polar surface area (TPSA) is 114 Å². The van der Waals surface area contributed by atoms with Crippen molar-refractivity contribution in [2.45, 2.75) is 29.8 Å². The van der Waals surface area contributed by atoms with Crippen molar-refractivity contribution >= 4 is 27.5 Å². The van der Waals surface area contributed by atoms with E-state index in [2.05, 4.69) is 20.5 Å². The lowest BCUT2D eigenvalue weighted by molar-refractivity contribution is -0.120. The fourth-order valence-electron chi connectivity index (χ4n) is 2.62. The first-order chi connectivity index (χ1) is 12.4. The Balaban J connectivity index is 1.58. The summed E-state index contributed by atoms with van der Waals surface area (Å²) in [6.45, 7) is 1.74. The maximum atomic E-state index is 12.3. The second-order valence-electron chi connectivity index (χ2n) is 6.06. The van der Waals surface area contributed by atoms with Gasteiger partial charge in [-0.1, -0.05) is 11.8 Å². The molecule has 0 bridgehead atoms. The molecule has 1 aromatic carbocycles. The number of methoxy groups -OCH3 is 1. The van der Waals surface area contributed by atoms with Crippen molar-refractivity contribution in [1.29, 1.82) is 0 Å². The minimum atomic E-state index is -3.02. The molecule has 2 aromatic rings. The summed E-state index contributed by atoms with van der Waals surface area (Å²) >= 11 is 1.22. The van der Waals surface area contributed by atoms with Gasteiger partial charge in [0.1, 0.15) is 5.75 Å². The van der Waals surface area contributed by atoms with Crippen LogP contribution in [0, 0.1) is 0 Å². The quantitative estimate of drug-likeness (QED) is 0.707. The van der Waals surface area contributed by atoms with Crippen LogP contribution in [0.5, 0.6) is 5.75 Å². The first-order valence-corrected chi connectivity index (χ1v) is 10.8. The van der Waals surface area contributed by atoms with Crippen molar-refractivity contribution in [1.82, 2.24) is 20.5 Å². The summed E-state index contributed by atoms with van der Waals surface area (Å²) in [5.41, 5.74) is 0.860. The first-order valence-electron chi connectivity index (χ1n) is 8.10. The van der Waals surface area contributed by atoms with Gasteiger partial charge in [0.2, 0.25) is 11.1 Å². The Bertz CT molecular complexity index is 880. The molecular formula is C16H20N4O4S2. The van der Waals surface area contributed by atoms with Crippen molar-refractivity contribution in [3.8, 4) is 17.1 Å². The van der Waals surface area contributed by atoms with Crippen LogP contribution < -0.4 is 10.1 Å². The number of ether oxygens (including phenoxy) is 1. The number of sulfone groups is 1. The summed E-state index contributed by atoms with van der Waals surface area (Å²) in [6, 6.07) is 7.08. The summed E-state index contributed by atoms with van der Waals surface area (Å²) in [4.78, 5) is 16.6. The van der Waals surface area contributed by atoms with Crippen LogP contribution in [0.2, 0.25) is 0 Å². The lowest BCUT2D eigenvalue weighted by Gasteiger charge is -2.14. The van der Waals surface area contributed by atoms with E-state index < -0.39 is 15.1 Å². The third-order valence-corrected chi connectivity index (χ3v) is 6.79. The molecule has 0 saturated carbocycles. The van der Waals surface area contributed by atoms with Gasteiger partial charge < -0.3 is 10.1 Å². The maximum Gasteiger partial charge on any atom is 0.233 e. The lowest BCUT2D eigenvalue weighted by atomic mass is 10.2. The van der Waals surface area contributed by atoms with Crippen LogP contribution in [0.3, 0.4) is 0 Å². The predicted octanol–water partition coefficient (Wildman–Crippen LogP) is 1.26. The summed E-state index contributed by atoms with van der Waals surface area (Å²) in [7, 11) is -1.42. The molecule has 2 heterocycles. The van der Waals surface area contributed by atoms with Crippen LogP contribution in [0.15, 0.2) is 29.4 Å². The van der Waals surface area contributed by atoms with E-state index in [9.17, 15) is 13.2 Å². The van der Waals surface area contributed by atoms with Gasteiger partial charge >= 0.3 is 0 Å². The highest BCUT2D eigenvalue weighted by Crippen LogP contribution is 2.24. The van der Waals surface area contributed by atoms with Gasteiger partial charge in [0, 0.05) is 11.6 Å². The van der Waals surface area contributed by atoms with E-state index in [1.165, 1.54) is 11.8 Å². The Kier molecular flexibility index (Phi) is 5.52. The number of nitrogens with zero attached hydrogens (tertiary/aromatic N) is 2. The molecule has 2 N–H and O–H groups in total. The second kappa shape index (κ2) is 7.67. The molecule has 140 valence electrons. The minimum Gasteiger partial charge on any atom is -0.497 e. The normalized spacial score (nSPS) is 19.8. The molecule has 0 unspecified atom stereocenters. The maximum absolute atomic E-state index is 12.3. The van der Waals surface area contributed by atoms with Crippen LogP contribution in [0.1, 0.15) is 13.3 Å². The van der Waals surface area contributed by atoms with Crippen molar-refractivity contribution < 1.29 is 17.9 Å². The SMILES string of the molecule is COc1ccc(-c2nc(S[C@H](C)C(=O)N[C@H]3CCS(=O)(=O)C3)n[nH]2)cc1. The number of hydrogen-bond acceptors (Lipinski definition) is 7. The number of rotatable bonds is 6. The number of aromatic nitrogens is 3. The van der Waals surface area contributed by atoms with E-state index in [-0.39, 0.29) is 23.5 Å². The predicted molar refractivity (Wildman–Crippen MR) is 98.9 cm³/mol. The standard InChI is InChI=1S/C16H20N4O4S2/c1-10(15(21)17-12-7-8-26(22,23)9-12)25-16-18-14(19-20-16)11-3-5-13(24-2)6-4-11/h3-6,10,12H,7-9H2,1-2H3,(H,17,21)(H,18,19,20)/t10-,12+/m1/s1. The van der Waals surface area contributed by atoms with E-state index in [1.54, 1.807) is 14.0 Å². The molecule has 26 heavy (non-hydrogen) atoms. The molecule has 0 aliphatic carbocycles. The largest absolute Gasteiger partial charge is 0.497 e. The van der Waals surface area contributed by atoms with Crippen LogP contribution >= 0.6 is 11.8 Å². The van der Waals surface area contributed by atoms with E-state index >= 15 is 0 Å². The number of nitrogens with one attached hydrogen (secondary N) is 2. The van der Waals surface area contributed by atoms with Crippen molar-refractivity contribution in [2.75, 3.05) is 18.6 Å². The number of H-pyrrole nitrogens is 1. The second-order valence-corrected chi connectivity index (χ2v) is 9.60. The number of carbonyl (C=O) groups is 1. The fourth-order valence-corrected chi connectivity index (χ4v) is 5.02. The van der Waals surface area contributed by atoms with Crippen LogP contribution in [0.25, 0.3) is 11.4 Å². The molecule has 1 aliphatic heterocycles. The highest BCUT2D eigenvalue weighted by Gasteiger charge is 2.30. The zero-order chi connectivity index (χ0) is 18.7. The number of aromatic amines is 1. The molecule has 10 heteroatoms. The van der Waals surface area contributed by atoms with E-state index in [4.69, 9.17) is 4.74 Å². The molecule has 0 spiro atoms. The molecule has 8 nitrogen and oxygen atoms in total. The molecule has 1 aliphatic rings. The zero-order valence-corrected chi connectivity index (χ0v) is 16.1. The smallest absolute Gasteiger partial charge is 0.233 e. The van der Waals surface area contributed by atoms with Crippen LogP contribution in [0.4, 0.5) is 0 Å². The summed E-state index contributed by atoms with van der Waals surface area (Å²) in [5.74, 6) is 1.28. The Morgan fingerprint density at radius 1 is 1.38 bits per heavy atom. The Hall–Kier alpha value is -2.07. The Morgan fingerprint density at radius 2 is 2.12 bits per heavy atom. The third-order valence-electron chi connectivity index (χ3n) is 4.06. The van der Waals surface area contributed by atoms with Gasteiger partial charge in [0.15, 0.2) is 15.7 Å². The third kappa shape index (κ3) is 4.55. The highest BCUT2D eigenvalue weighted by molar-refractivity contribution is 8.00. The number of amides is 1. The summed E-state index contributed by atoms with van der Waals surface area (Å²) < 4.78 is 28.1. The number of thioether (sulfide) groups is 1. The van der Waals surface area contributed by atoms with Crippen molar-refractivity contribution in [2.24, 2.45) is 0 Å². The van der Waals surface area contributed by atoms with Gasteiger partial charge in [-0.3, -0.25) is 9.89 Å². The monoisotopic (exact) mass is 396 g/mol. The van der Waals surface area contributed by atoms with Gasteiger partial charge in [-0.25, -0.2) is 13.4 Å². The van der Waals surface area contributed by atoms with E-state index in [1.807, 2.05) is 24.3 Å². The molecule has 1 aromatic heterocycles. The fraction of sp³-hybridized carbons (Fsp3) is 0.438. The summed E-state index contributed by atoms with van der Waals surface area (Å²) in [6.07, 6.45) is 0.466. The molecule has 1 amide bonds. The zero-order valence-electron chi connectivity index (χ0n) is 14.4. The van der Waals surface area contributed by atoms with Gasteiger partial charge in [-0.05, 0) is 37.6 Å². The summed E-state index contributed by atoms with van der Waals surface area (Å²) in [5, 5.41) is 9.80. The lowest BCUT2D eigenvalue weighted by Crippen LogP contribution is -2.39. The molecular weight excluding hydrogens is 376 g/mol. The minimum absolute atomic E-state index is 0.0123. The van der Waals surface area contributed by atoms with Crippen molar-refractivity contribution in [3.05, 3.63) is 24.3 Å².